The minimum atomic E-state index is -1.17. The summed E-state index contributed by atoms with van der Waals surface area (Å²) >= 11 is 0. The minimum absolute atomic E-state index is 0.00582. The molecule has 10 nitrogen and oxygen atoms in total. The lowest BCUT2D eigenvalue weighted by atomic mass is 10.1. The van der Waals surface area contributed by atoms with Gasteiger partial charge in [-0.15, -0.1) is 0 Å². The number of furan rings is 1. The van der Waals surface area contributed by atoms with Crippen LogP contribution in [0.25, 0.3) is 11.3 Å². The lowest BCUT2D eigenvalue weighted by Crippen LogP contribution is -2.60. The van der Waals surface area contributed by atoms with Crippen LogP contribution in [0.3, 0.4) is 0 Å². The summed E-state index contributed by atoms with van der Waals surface area (Å²) in [5.74, 6) is -1.70. The van der Waals surface area contributed by atoms with Gasteiger partial charge >= 0.3 is 5.97 Å². The van der Waals surface area contributed by atoms with Gasteiger partial charge < -0.3 is 29.4 Å². The number of carboxylic acids is 1. The quantitative estimate of drug-likeness (QED) is 0.736. The second kappa shape index (κ2) is 7.99. The molecular weight excluding hydrogens is 394 g/mol. The van der Waals surface area contributed by atoms with Crippen LogP contribution in [-0.2, 0) is 19.1 Å². The van der Waals surface area contributed by atoms with Gasteiger partial charge in [-0.2, -0.15) is 0 Å². The highest BCUT2D eigenvalue weighted by Gasteiger charge is 2.40. The van der Waals surface area contributed by atoms with Crippen LogP contribution in [-0.4, -0.2) is 77.5 Å². The van der Waals surface area contributed by atoms with Gasteiger partial charge in [0.05, 0.1) is 24.1 Å². The number of aliphatic carboxylic acids is 1. The van der Waals surface area contributed by atoms with Gasteiger partial charge in [0.2, 0.25) is 11.8 Å². The van der Waals surface area contributed by atoms with E-state index in [1.54, 1.807) is 30.3 Å². The Hall–Kier alpha value is -3.66. The Morgan fingerprint density at radius 1 is 1.20 bits per heavy atom. The molecule has 156 valence electrons. The molecule has 10 heteroatoms. The molecule has 0 aliphatic carbocycles. The van der Waals surface area contributed by atoms with Crippen LogP contribution in [0.5, 0.6) is 0 Å². The average Bonchev–Trinajstić information content (AvgIpc) is 3.24. The van der Waals surface area contributed by atoms with Gasteiger partial charge in [0.15, 0.2) is 0 Å². The predicted molar refractivity (Wildman–Crippen MR) is 103 cm³/mol. The van der Waals surface area contributed by atoms with Crippen molar-refractivity contribution in [3.05, 3.63) is 42.2 Å². The summed E-state index contributed by atoms with van der Waals surface area (Å²) in [7, 11) is 0. The third kappa shape index (κ3) is 3.77. The molecule has 0 unspecified atom stereocenters. The van der Waals surface area contributed by atoms with E-state index in [-0.39, 0.29) is 25.5 Å². The molecule has 2 aliphatic heterocycles. The summed E-state index contributed by atoms with van der Waals surface area (Å²) in [6, 6.07) is 7.76. The Kier molecular flexibility index (Phi) is 5.23. The number of hydrogen-bond acceptors (Lipinski definition) is 6. The molecule has 1 aromatic heterocycles. The molecule has 0 spiro atoms. The fourth-order valence-electron chi connectivity index (χ4n) is 3.59. The summed E-state index contributed by atoms with van der Waals surface area (Å²) in [5, 5.41) is 11.4. The number of fused-ring (bicyclic) bond motifs is 2. The number of carbonyl (C=O) groups is 4. The van der Waals surface area contributed by atoms with E-state index in [4.69, 9.17) is 14.3 Å². The van der Waals surface area contributed by atoms with Crippen molar-refractivity contribution < 1.29 is 33.4 Å². The van der Waals surface area contributed by atoms with Crippen molar-refractivity contribution in [3.63, 3.8) is 0 Å². The smallest absolute Gasteiger partial charge is 0.329 e. The molecule has 2 aromatic rings. The zero-order valence-corrected chi connectivity index (χ0v) is 15.9. The van der Waals surface area contributed by atoms with Crippen LogP contribution >= 0.6 is 0 Å². The van der Waals surface area contributed by atoms with Crippen LogP contribution in [0.15, 0.2) is 41.0 Å². The molecule has 4 rings (SSSR count). The minimum Gasteiger partial charge on any atom is -0.480 e. The lowest BCUT2D eigenvalue weighted by molar-refractivity contribution is -0.147. The zero-order valence-electron chi connectivity index (χ0n) is 15.9. The van der Waals surface area contributed by atoms with Crippen LogP contribution in [0.1, 0.15) is 10.4 Å². The maximum absolute atomic E-state index is 13.2. The maximum Gasteiger partial charge on any atom is 0.329 e. The number of ether oxygens (including phenoxy) is 1. The molecule has 1 saturated heterocycles. The highest BCUT2D eigenvalue weighted by molar-refractivity contribution is 6.10. The Morgan fingerprint density at radius 3 is 2.77 bits per heavy atom. The topological polar surface area (TPSA) is 129 Å². The fourth-order valence-corrected chi connectivity index (χ4v) is 3.59. The van der Waals surface area contributed by atoms with E-state index in [1.165, 1.54) is 16.1 Å². The fraction of sp³-hybridized carbons (Fsp3) is 0.300. The van der Waals surface area contributed by atoms with E-state index in [1.807, 2.05) is 0 Å². The van der Waals surface area contributed by atoms with Crippen molar-refractivity contribution in [1.29, 1.82) is 0 Å². The highest BCUT2D eigenvalue weighted by Crippen LogP contribution is 2.30. The standard InChI is InChI=1S/C20H19N3O7/c24-17(10-29-11-18(25)26)22-5-6-23-15(9-22)19(27)21-14-4-3-12(8-13(14)20(23)28)16-2-1-7-30-16/h1-4,7-8,15H,5-6,9-11H2,(H,21,27)(H,25,26)/t15-/m0/s1. The number of anilines is 1. The molecule has 1 atom stereocenters. The van der Waals surface area contributed by atoms with Crippen LogP contribution in [0.4, 0.5) is 5.69 Å². The first kappa shape index (κ1) is 19.6. The van der Waals surface area contributed by atoms with Crippen molar-refractivity contribution in [2.24, 2.45) is 0 Å². The molecule has 0 saturated carbocycles. The van der Waals surface area contributed by atoms with Crippen molar-refractivity contribution in [3.8, 4) is 11.3 Å². The van der Waals surface area contributed by atoms with Crippen LogP contribution in [0.2, 0.25) is 0 Å². The van der Waals surface area contributed by atoms with E-state index >= 15 is 0 Å². The van der Waals surface area contributed by atoms with E-state index in [9.17, 15) is 19.2 Å². The Balaban J connectivity index is 1.52. The van der Waals surface area contributed by atoms with Crippen molar-refractivity contribution in [2.75, 3.05) is 38.2 Å². The van der Waals surface area contributed by atoms with Crippen molar-refractivity contribution in [1.82, 2.24) is 9.80 Å². The normalized spacial score (nSPS) is 18.3. The lowest BCUT2D eigenvalue weighted by Gasteiger charge is -2.39. The third-order valence-corrected chi connectivity index (χ3v) is 5.06. The van der Waals surface area contributed by atoms with E-state index in [0.29, 0.717) is 22.6 Å². The number of piperazine rings is 1. The number of hydrogen-bond donors (Lipinski definition) is 2. The average molecular weight is 413 g/mol. The van der Waals surface area contributed by atoms with Crippen molar-refractivity contribution >= 4 is 29.4 Å². The van der Waals surface area contributed by atoms with Gasteiger partial charge in [0.1, 0.15) is 25.0 Å². The summed E-state index contributed by atoms with van der Waals surface area (Å²) in [6.07, 6.45) is 1.54. The summed E-state index contributed by atoms with van der Waals surface area (Å²) in [5.41, 5.74) is 1.46. The number of carbonyl (C=O) groups excluding carboxylic acids is 3. The predicted octanol–water partition coefficient (Wildman–Crippen LogP) is 0.653. The van der Waals surface area contributed by atoms with Crippen LogP contribution < -0.4 is 5.32 Å². The molecule has 2 aliphatic rings. The Bertz CT molecular complexity index is 1000. The summed E-state index contributed by atoms with van der Waals surface area (Å²) in [4.78, 5) is 51.6. The van der Waals surface area contributed by atoms with Gasteiger partial charge in [-0.25, -0.2) is 4.79 Å². The second-order valence-corrected chi connectivity index (χ2v) is 6.97. The molecule has 1 aromatic carbocycles. The monoisotopic (exact) mass is 413 g/mol. The number of rotatable bonds is 5. The zero-order chi connectivity index (χ0) is 21.3. The van der Waals surface area contributed by atoms with Crippen LogP contribution in [0, 0.1) is 0 Å². The van der Waals surface area contributed by atoms with E-state index in [0.717, 1.165) is 0 Å². The number of nitrogens with one attached hydrogen (secondary N) is 1. The third-order valence-electron chi connectivity index (χ3n) is 5.06. The van der Waals surface area contributed by atoms with Gasteiger partial charge in [0, 0.05) is 18.7 Å². The first-order valence-corrected chi connectivity index (χ1v) is 9.31. The number of amides is 3. The van der Waals surface area contributed by atoms with Crippen molar-refractivity contribution in [2.45, 2.75) is 6.04 Å². The van der Waals surface area contributed by atoms with Gasteiger partial charge in [-0.1, -0.05) is 0 Å². The molecule has 0 bridgehead atoms. The molecule has 1 fully saturated rings. The Morgan fingerprint density at radius 2 is 2.03 bits per heavy atom. The number of nitrogens with zero attached hydrogens (tertiary/aromatic N) is 2. The summed E-state index contributed by atoms with van der Waals surface area (Å²) in [6.45, 7) is -0.585. The maximum atomic E-state index is 13.2. The molecule has 3 amide bonds. The number of carboxylic acid groups (broad SMARTS) is 1. The second-order valence-electron chi connectivity index (χ2n) is 6.97. The van der Waals surface area contributed by atoms with Gasteiger partial charge in [0.25, 0.3) is 5.91 Å². The first-order valence-electron chi connectivity index (χ1n) is 9.31. The summed E-state index contributed by atoms with van der Waals surface area (Å²) < 4.78 is 10.2. The highest BCUT2D eigenvalue weighted by atomic mass is 16.5. The number of benzene rings is 1. The largest absolute Gasteiger partial charge is 0.480 e. The molecule has 30 heavy (non-hydrogen) atoms. The molecule has 3 heterocycles. The van der Waals surface area contributed by atoms with Gasteiger partial charge in [-0.05, 0) is 30.3 Å². The van der Waals surface area contributed by atoms with E-state index < -0.39 is 37.0 Å². The van der Waals surface area contributed by atoms with E-state index in [2.05, 4.69) is 5.32 Å². The molecular formula is C20H19N3O7. The first-order chi connectivity index (χ1) is 14.4. The molecule has 2 N–H and O–H groups in total. The molecule has 0 radical (unpaired) electrons. The Labute approximate surface area is 171 Å². The van der Waals surface area contributed by atoms with Gasteiger partial charge in [-0.3, -0.25) is 14.4 Å². The SMILES string of the molecule is O=C(O)COCC(=O)N1CCN2C(=O)c3cc(-c4ccco4)ccc3NC(=O)[C@@H]2C1.